The molecule has 146 valence electrons. The van der Waals surface area contributed by atoms with Gasteiger partial charge < -0.3 is 25.7 Å². The molecule has 3 aromatic rings. The molecular weight excluding hydrogens is 356 g/mol. The Morgan fingerprint density at radius 3 is 2.57 bits per heavy atom. The minimum atomic E-state index is -0.325. The topological polar surface area (TPSA) is 95.2 Å². The maximum absolute atomic E-state index is 12.9. The van der Waals surface area contributed by atoms with Crippen molar-refractivity contribution in [1.29, 1.82) is 0 Å². The van der Waals surface area contributed by atoms with Crippen LogP contribution >= 0.6 is 0 Å². The number of ether oxygens (including phenoxy) is 1. The first-order chi connectivity index (χ1) is 13.5. The Hall–Kier alpha value is -3.32. The normalized spacial score (nSPS) is 10.7. The number of nitrogens with one attached hydrogen (secondary N) is 4. The number of carbonyl (C=O) groups is 2. The van der Waals surface area contributed by atoms with Crippen molar-refractivity contribution in [2.24, 2.45) is 0 Å². The predicted molar refractivity (Wildman–Crippen MR) is 111 cm³/mol. The number of H-pyrrole nitrogens is 1. The molecule has 0 bridgehead atoms. The van der Waals surface area contributed by atoms with Crippen LogP contribution in [0.2, 0.25) is 0 Å². The van der Waals surface area contributed by atoms with Crippen LogP contribution in [-0.2, 0) is 4.74 Å². The molecule has 0 spiro atoms. The van der Waals surface area contributed by atoms with Crippen molar-refractivity contribution < 1.29 is 14.3 Å². The molecule has 2 aromatic carbocycles. The number of hydrogen-bond acceptors (Lipinski definition) is 3. The summed E-state index contributed by atoms with van der Waals surface area (Å²) < 4.78 is 5.01. The zero-order chi connectivity index (χ0) is 20.1. The van der Waals surface area contributed by atoms with E-state index >= 15 is 0 Å². The van der Waals surface area contributed by atoms with Gasteiger partial charge in [0.1, 0.15) is 5.69 Å². The predicted octanol–water partition coefficient (Wildman–Crippen LogP) is 3.27. The number of methoxy groups -OCH3 is 1. The summed E-state index contributed by atoms with van der Waals surface area (Å²) in [4.78, 5) is 28.0. The van der Waals surface area contributed by atoms with Gasteiger partial charge in [-0.2, -0.15) is 0 Å². The monoisotopic (exact) mass is 380 g/mol. The molecule has 7 nitrogen and oxygen atoms in total. The van der Waals surface area contributed by atoms with E-state index in [2.05, 4.69) is 20.9 Å². The van der Waals surface area contributed by atoms with Gasteiger partial charge in [-0.05, 0) is 30.2 Å². The summed E-state index contributed by atoms with van der Waals surface area (Å²) in [6, 6.07) is 13.3. The number of urea groups is 1. The summed E-state index contributed by atoms with van der Waals surface area (Å²) in [6.45, 7) is 2.78. The van der Waals surface area contributed by atoms with Gasteiger partial charge in [0, 0.05) is 31.7 Å². The summed E-state index contributed by atoms with van der Waals surface area (Å²) in [7, 11) is 3.14. The van der Waals surface area contributed by atoms with Crippen LogP contribution in [0.1, 0.15) is 16.1 Å². The van der Waals surface area contributed by atoms with Crippen LogP contribution in [0.15, 0.2) is 42.5 Å². The van der Waals surface area contributed by atoms with Gasteiger partial charge in [0.05, 0.1) is 17.8 Å². The van der Waals surface area contributed by atoms with E-state index in [0.29, 0.717) is 30.0 Å². The second kappa shape index (κ2) is 8.58. The summed E-state index contributed by atoms with van der Waals surface area (Å²) in [6.07, 6.45) is 0. The van der Waals surface area contributed by atoms with E-state index in [-0.39, 0.29) is 11.9 Å². The molecule has 0 fully saturated rings. The lowest BCUT2D eigenvalue weighted by Gasteiger charge is -2.08. The molecule has 0 radical (unpaired) electrons. The minimum Gasteiger partial charge on any atom is -0.383 e. The number of benzene rings is 2. The average molecular weight is 380 g/mol. The maximum atomic E-state index is 12.9. The number of aromatic nitrogens is 1. The quantitative estimate of drug-likeness (QED) is 0.494. The lowest BCUT2D eigenvalue weighted by Crippen LogP contribution is -2.27. The Bertz CT molecular complexity index is 996. The van der Waals surface area contributed by atoms with E-state index in [9.17, 15) is 9.59 Å². The zero-order valence-electron chi connectivity index (χ0n) is 16.2. The van der Waals surface area contributed by atoms with Crippen LogP contribution in [0.5, 0.6) is 0 Å². The highest BCUT2D eigenvalue weighted by molar-refractivity contribution is 6.13. The highest BCUT2D eigenvalue weighted by Gasteiger charge is 2.21. The van der Waals surface area contributed by atoms with E-state index in [0.717, 1.165) is 22.1 Å². The van der Waals surface area contributed by atoms with Crippen LogP contribution in [-0.4, -0.2) is 44.2 Å². The van der Waals surface area contributed by atoms with Crippen molar-refractivity contribution in [2.75, 3.05) is 32.6 Å². The summed E-state index contributed by atoms with van der Waals surface area (Å²) in [5.41, 5.74) is 4.45. The van der Waals surface area contributed by atoms with Crippen LogP contribution in [0.3, 0.4) is 0 Å². The van der Waals surface area contributed by atoms with E-state index in [1.807, 2.05) is 49.4 Å². The second-order valence-corrected chi connectivity index (χ2v) is 6.43. The van der Waals surface area contributed by atoms with Crippen molar-refractivity contribution in [2.45, 2.75) is 6.92 Å². The number of carbonyl (C=O) groups excluding carboxylic acids is 2. The number of aromatic amines is 1. The van der Waals surface area contributed by atoms with Crippen LogP contribution < -0.4 is 16.0 Å². The second-order valence-electron chi connectivity index (χ2n) is 6.43. The third-order valence-corrected chi connectivity index (χ3v) is 4.41. The minimum absolute atomic E-state index is 0.226. The average Bonchev–Trinajstić information content (AvgIpc) is 3.08. The number of anilines is 1. The Morgan fingerprint density at radius 2 is 1.89 bits per heavy atom. The molecule has 0 saturated carbocycles. The Labute approximate surface area is 163 Å². The Kier molecular flexibility index (Phi) is 5.96. The highest BCUT2D eigenvalue weighted by Crippen LogP contribution is 2.36. The number of aryl methyl sites for hydroxylation is 1. The standard InChI is InChI=1S/C21H24N4O3/c1-13-11-15-17(14-7-5-4-6-8-14)19(20(26)23-9-10-28-3)25-18(15)16(12-13)24-21(27)22-2/h4-8,11-12,25H,9-10H2,1-3H3,(H,23,26)(H2,22,24,27). The first-order valence-corrected chi connectivity index (χ1v) is 9.02. The van der Waals surface area contributed by atoms with E-state index in [4.69, 9.17) is 4.74 Å². The molecule has 1 aromatic heterocycles. The number of fused-ring (bicyclic) bond motifs is 1. The van der Waals surface area contributed by atoms with Gasteiger partial charge in [0.2, 0.25) is 0 Å². The number of rotatable bonds is 6. The van der Waals surface area contributed by atoms with E-state index in [1.54, 1.807) is 14.2 Å². The highest BCUT2D eigenvalue weighted by atomic mass is 16.5. The lowest BCUT2D eigenvalue weighted by molar-refractivity contribution is 0.0933. The fraction of sp³-hybridized carbons (Fsp3) is 0.238. The molecule has 28 heavy (non-hydrogen) atoms. The smallest absolute Gasteiger partial charge is 0.319 e. The van der Waals surface area contributed by atoms with Crippen molar-refractivity contribution in [1.82, 2.24) is 15.6 Å². The molecule has 3 amide bonds. The SMILES string of the molecule is CNC(=O)Nc1cc(C)cc2c(-c3ccccc3)c(C(=O)NCCOC)[nH]c12. The van der Waals surface area contributed by atoms with Crippen LogP contribution in [0.25, 0.3) is 22.0 Å². The van der Waals surface area contributed by atoms with Crippen LogP contribution in [0, 0.1) is 6.92 Å². The van der Waals surface area contributed by atoms with Gasteiger partial charge in [-0.15, -0.1) is 0 Å². The molecular formula is C21H24N4O3. The molecule has 7 heteroatoms. The Morgan fingerprint density at radius 1 is 1.14 bits per heavy atom. The molecule has 0 atom stereocenters. The van der Waals surface area contributed by atoms with Crippen molar-refractivity contribution in [3.05, 3.63) is 53.7 Å². The third-order valence-electron chi connectivity index (χ3n) is 4.41. The zero-order valence-corrected chi connectivity index (χ0v) is 16.2. The first kappa shape index (κ1) is 19.4. The van der Waals surface area contributed by atoms with Crippen molar-refractivity contribution in [3.8, 4) is 11.1 Å². The van der Waals surface area contributed by atoms with Crippen molar-refractivity contribution in [3.63, 3.8) is 0 Å². The Balaban J connectivity index is 2.19. The number of hydrogen-bond donors (Lipinski definition) is 4. The van der Waals surface area contributed by atoms with Crippen molar-refractivity contribution >= 4 is 28.5 Å². The van der Waals surface area contributed by atoms with E-state index < -0.39 is 0 Å². The summed E-state index contributed by atoms with van der Waals surface area (Å²) in [5.74, 6) is -0.226. The molecule has 3 rings (SSSR count). The van der Waals surface area contributed by atoms with Crippen LogP contribution in [0.4, 0.5) is 10.5 Å². The fourth-order valence-corrected chi connectivity index (χ4v) is 3.15. The van der Waals surface area contributed by atoms with Gasteiger partial charge in [-0.3, -0.25) is 4.79 Å². The van der Waals surface area contributed by atoms with Gasteiger partial charge in [0.25, 0.3) is 5.91 Å². The molecule has 0 saturated heterocycles. The summed E-state index contributed by atoms with van der Waals surface area (Å²) >= 11 is 0. The molecule has 0 aliphatic carbocycles. The molecule has 1 heterocycles. The largest absolute Gasteiger partial charge is 0.383 e. The molecule has 4 N–H and O–H groups in total. The molecule has 0 unspecified atom stereocenters. The first-order valence-electron chi connectivity index (χ1n) is 9.02. The molecule has 0 aliphatic rings. The van der Waals surface area contributed by atoms with E-state index in [1.165, 1.54) is 0 Å². The summed E-state index contributed by atoms with van der Waals surface area (Å²) in [5, 5.41) is 9.11. The van der Waals surface area contributed by atoms with Gasteiger partial charge in [-0.25, -0.2) is 4.79 Å². The fourth-order valence-electron chi connectivity index (χ4n) is 3.15. The molecule has 0 aliphatic heterocycles. The lowest BCUT2D eigenvalue weighted by atomic mass is 10.00. The van der Waals surface area contributed by atoms with Gasteiger partial charge in [0.15, 0.2) is 0 Å². The number of amides is 3. The van der Waals surface area contributed by atoms with Gasteiger partial charge >= 0.3 is 6.03 Å². The maximum Gasteiger partial charge on any atom is 0.319 e. The van der Waals surface area contributed by atoms with Gasteiger partial charge in [-0.1, -0.05) is 30.3 Å². The third kappa shape index (κ3) is 3.99.